The molecule has 0 unspecified atom stereocenters. The second-order valence-corrected chi connectivity index (χ2v) is 6.07. The zero-order chi connectivity index (χ0) is 15.9. The quantitative estimate of drug-likeness (QED) is 0.890. The van der Waals surface area contributed by atoms with Crippen LogP contribution in [0.4, 0.5) is 0 Å². The first kappa shape index (κ1) is 16.2. The van der Waals surface area contributed by atoms with Crippen LogP contribution in [-0.2, 0) is 11.2 Å². The molecule has 23 heavy (non-hydrogen) atoms. The van der Waals surface area contributed by atoms with Crippen molar-refractivity contribution in [1.82, 2.24) is 4.90 Å². The molecule has 1 aliphatic heterocycles. The summed E-state index contributed by atoms with van der Waals surface area (Å²) in [7, 11) is 0. The number of aryl methyl sites for hydroxylation is 1. The lowest BCUT2D eigenvalue weighted by atomic mass is 9.97. The first-order valence-electron chi connectivity index (χ1n) is 8.44. The molecule has 0 bridgehead atoms. The van der Waals surface area contributed by atoms with Gasteiger partial charge in [0.1, 0.15) is 6.10 Å². The highest BCUT2D eigenvalue weighted by atomic mass is 16.5. The van der Waals surface area contributed by atoms with E-state index in [1.807, 2.05) is 6.07 Å². The average molecular weight is 311 g/mol. The molecule has 0 aromatic heterocycles. The molecule has 3 heteroatoms. The number of rotatable bonds is 6. The number of aliphatic hydroxyl groups is 1. The summed E-state index contributed by atoms with van der Waals surface area (Å²) in [6.45, 7) is 2.70. The van der Waals surface area contributed by atoms with Crippen LogP contribution >= 0.6 is 0 Å². The molecule has 3 nitrogen and oxygen atoms in total. The van der Waals surface area contributed by atoms with Crippen molar-refractivity contribution < 1.29 is 9.84 Å². The normalized spacial score (nSPS) is 22.1. The van der Waals surface area contributed by atoms with E-state index in [4.69, 9.17) is 4.74 Å². The van der Waals surface area contributed by atoms with Crippen LogP contribution in [0.15, 0.2) is 60.7 Å². The molecule has 0 amide bonds. The molecular weight excluding hydrogens is 286 g/mol. The van der Waals surface area contributed by atoms with E-state index in [0.717, 1.165) is 25.9 Å². The summed E-state index contributed by atoms with van der Waals surface area (Å²) in [5.74, 6) is 0. The van der Waals surface area contributed by atoms with Crippen molar-refractivity contribution >= 4 is 0 Å². The smallest absolute Gasteiger partial charge is 0.100 e. The van der Waals surface area contributed by atoms with Crippen LogP contribution in [0.2, 0.25) is 0 Å². The maximum Gasteiger partial charge on any atom is 0.100 e. The minimum absolute atomic E-state index is 0.0642. The van der Waals surface area contributed by atoms with Gasteiger partial charge < -0.3 is 9.84 Å². The van der Waals surface area contributed by atoms with Gasteiger partial charge in [-0.15, -0.1) is 0 Å². The van der Waals surface area contributed by atoms with Crippen molar-refractivity contribution in [3.8, 4) is 0 Å². The maximum absolute atomic E-state index is 9.69. The van der Waals surface area contributed by atoms with Crippen LogP contribution in [0.1, 0.15) is 23.6 Å². The van der Waals surface area contributed by atoms with Gasteiger partial charge in [-0.1, -0.05) is 60.7 Å². The van der Waals surface area contributed by atoms with E-state index in [1.54, 1.807) is 0 Å². The summed E-state index contributed by atoms with van der Waals surface area (Å²) in [6, 6.07) is 21.2. The number of hydrogen-bond donors (Lipinski definition) is 1. The lowest BCUT2D eigenvalue weighted by Crippen LogP contribution is -2.47. The molecule has 2 aromatic rings. The molecule has 1 aliphatic rings. The number of ether oxygens (including phenoxy) is 1. The molecule has 0 spiro atoms. The largest absolute Gasteiger partial charge is 0.394 e. The Bertz CT molecular complexity index is 573. The van der Waals surface area contributed by atoms with Crippen molar-refractivity contribution in [2.24, 2.45) is 0 Å². The fourth-order valence-corrected chi connectivity index (χ4v) is 3.40. The van der Waals surface area contributed by atoms with E-state index in [2.05, 4.69) is 59.5 Å². The minimum atomic E-state index is -0.136. The van der Waals surface area contributed by atoms with Gasteiger partial charge in [-0.3, -0.25) is 4.90 Å². The first-order chi connectivity index (χ1) is 11.4. The van der Waals surface area contributed by atoms with Gasteiger partial charge >= 0.3 is 0 Å². The summed E-state index contributed by atoms with van der Waals surface area (Å²) in [5, 5.41) is 9.69. The van der Waals surface area contributed by atoms with Crippen molar-refractivity contribution in [3.05, 3.63) is 71.8 Å². The third-order valence-electron chi connectivity index (χ3n) is 4.53. The monoisotopic (exact) mass is 311 g/mol. The van der Waals surface area contributed by atoms with Gasteiger partial charge in [0.05, 0.1) is 19.3 Å². The Morgan fingerprint density at radius 3 is 2.39 bits per heavy atom. The van der Waals surface area contributed by atoms with Gasteiger partial charge in [0.25, 0.3) is 0 Å². The molecule has 0 radical (unpaired) electrons. The lowest BCUT2D eigenvalue weighted by molar-refractivity contribution is -0.0932. The van der Waals surface area contributed by atoms with Crippen molar-refractivity contribution in [3.63, 3.8) is 0 Å². The molecule has 1 N–H and O–H groups in total. The molecule has 3 rings (SSSR count). The summed E-state index contributed by atoms with van der Waals surface area (Å²) in [6.07, 6.45) is 2.07. The lowest BCUT2D eigenvalue weighted by Gasteiger charge is -2.41. The fourth-order valence-electron chi connectivity index (χ4n) is 3.40. The van der Waals surface area contributed by atoms with Gasteiger partial charge in [-0.05, 0) is 30.5 Å². The average Bonchev–Trinajstić information content (AvgIpc) is 2.63. The van der Waals surface area contributed by atoms with E-state index >= 15 is 0 Å². The molecule has 0 saturated carbocycles. The fraction of sp³-hybridized carbons (Fsp3) is 0.400. The molecular formula is C20H25NO2. The number of morpholine rings is 1. The zero-order valence-electron chi connectivity index (χ0n) is 13.5. The molecule has 2 aromatic carbocycles. The van der Waals surface area contributed by atoms with Crippen LogP contribution in [0, 0.1) is 0 Å². The minimum Gasteiger partial charge on any atom is -0.394 e. The van der Waals surface area contributed by atoms with Gasteiger partial charge in [-0.2, -0.15) is 0 Å². The highest BCUT2D eigenvalue weighted by Gasteiger charge is 2.32. The molecule has 0 aliphatic carbocycles. The predicted molar refractivity (Wildman–Crippen MR) is 92.3 cm³/mol. The number of hydrogen-bond acceptors (Lipinski definition) is 3. The second kappa shape index (κ2) is 8.25. The first-order valence-corrected chi connectivity index (χ1v) is 8.44. The van der Waals surface area contributed by atoms with Crippen molar-refractivity contribution in [2.75, 3.05) is 26.3 Å². The molecule has 1 heterocycles. The maximum atomic E-state index is 9.69. The molecule has 2 atom stereocenters. The Labute approximate surface area is 138 Å². The Hall–Kier alpha value is -1.68. The van der Waals surface area contributed by atoms with Crippen LogP contribution < -0.4 is 0 Å². The van der Waals surface area contributed by atoms with Gasteiger partial charge in [-0.25, -0.2) is 0 Å². The number of benzene rings is 2. The van der Waals surface area contributed by atoms with E-state index in [1.165, 1.54) is 11.1 Å². The number of aliphatic hydroxyl groups excluding tert-OH is 1. The van der Waals surface area contributed by atoms with E-state index in [-0.39, 0.29) is 18.8 Å². The predicted octanol–water partition coefficient (Wildman–Crippen LogP) is 3.05. The van der Waals surface area contributed by atoms with Crippen LogP contribution in [0.3, 0.4) is 0 Å². The van der Waals surface area contributed by atoms with Crippen LogP contribution in [0.25, 0.3) is 0 Å². The highest BCUT2D eigenvalue weighted by Crippen LogP contribution is 2.29. The Morgan fingerprint density at radius 1 is 1.00 bits per heavy atom. The summed E-state index contributed by atoms with van der Waals surface area (Å²) < 4.78 is 5.80. The number of nitrogens with zero attached hydrogens (tertiary/aromatic N) is 1. The second-order valence-electron chi connectivity index (χ2n) is 6.07. The molecule has 1 saturated heterocycles. The zero-order valence-corrected chi connectivity index (χ0v) is 13.5. The Morgan fingerprint density at radius 2 is 1.70 bits per heavy atom. The van der Waals surface area contributed by atoms with E-state index in [9.17, 15) is 5.11 Å². The molecule has 122 valence electrons. The molecule has 1 fully saturated rings. The highest BCUT2D eigenvalue weighted by molar-refractivity contribution is 5.21. The topological polar surface area (TPSA) is 32.7 Å². The van der Waals surface area contributed by atoms with Gasteiger partial charge in [0.2, 0.25) is 0 Å². The third-order valence-corrected chi connectivity index (χ3v) is 4.53. The third kappa shape index (κ3) is 4.20. The summed E-state index contributed by atoms with van der Waals surface area (Å²) in [4.78, 5) is 2.46. The Balaban J connectivity index is 1.65. The summed E-state index contributed by atoms with van der Waals surface area (Å²) in [5.41, 5.74) is 2.61. The van der Waals surface area contributed by atoms with Crippen molar-refractivity contribution in [2.45, 2.75) is 25.0 Å². The van der Waals surface area contributed by atoms with Gasteiger partial charge in [0, 0.05) is 6.54 Å². The van der Waals surface area contributed by atoms with Crippen LogP contribution in [0.5, 0.6) is 0 Å². The van der Waals surface area contributed by atoms with Crippen LogP contribution in [-0.4, -0.2) is 42.4 Å². The van der Waals surface area contributed by atoms with E-state index in [0.29, 0.717) is 6.61 Å². The standard InChI is InChI=1S/C20H25NO2/c22-16-19-20(18-11-5-2-6-12-18)21(14-15-23-19)13-7-10-17-8-3-1-4-9-17/h1-6,8-9,11-12,19-20,22H,7,10,13-16H2/t19-,20-/m0/s1. The van der Waals surface area contributed by atoms with Gasteiger partial charge in [0.15, 0.2) is 0 Å². The summed E-state index contributed by atoms with van der Waals surface area (Å²) >= 11 is 0. The van der Waals surface area contributed by atoms with E-state index < -0.39 is 0 Å². The SMILES string of the molecule is OC[C@@H]1OCCN(CCCc2ccccc2)[C@H]1c1ccccc1. The van der Waals surface area contributed by atoms with Crippen molar-refractivity contribution in [1.29, 1.82) is 0 Å². The Kier molecular flexibility index (Phi) is 5.81.